The van der Waals surface area contributed by atoms with Crippen LogP contribution in [-0.2, 0) is 20.2 Å². The van der Waals surface area contributed by atoms with E-state index < -0.39 is 69.3 Å². The molecule has 2 aliphatic heterocycles. The van der Waals surface area contributed by atoms with Gasteiger partial charge in [0.05, 0.1) is 0 Å². The fourth-order valence-corrected chi connectivity index (χ4v) is 13.6. The van der Waals surface area contributed by atoms with Gasteiger partial charge in [0.1, 0.15) is 0 Å². The molecule has 0 radical (unpaired) electrons. The van der Waals surface area contributed by atoms with Crippen LogP contribution in [0.3, 0.4) is 0 Å². The van der Waals surface area contributed by atoms with E-state index in [9.17, 15) is 52.7 Å². The van der Waals surface area contributed by atoms with Crippen molar-refractivity contribution in [3.05, 3.63) is 95.6 Å². The van der Waals surface area contributed by atoms with Gasteiger partial charge in [-0.1, -0.05) is 0 Å². The molecule has 2 aliphatic rings. The fourth-order valence-electron chi connectivity index (χ4n) is 5.63. The van der Waals surface area contributed by atoms with E-state index in [2.05, 4.69) is 15.9 Å². The van der Waals surface area contributed by atoms with Crippen LogP contribution in [0.25, 0.3) is 0 Å². The van der Waals surface area contributed by atoms with Gasteiger partial charge in [0, 0.05) is 0 Å². The second kappa shape index (κ2) is 8.61. The van der Waals surface area contributed by atoms with Gasteiger partial charge in [-0.3, -0.25) is 0 Å². The SMILES string of the molecule is FC(F)(F)C1(C(F)(F)F)OP2([C@@H](Br)c3ccccc3)(OC(C(F)(F)F)(C(F)(F)F)c3ccccc32)c2ccccc21. The minimum absolute atomic E-state index is 0.296. The zero-order chi connectivity index (χ0) is 30.5. The Kier molecular flexibility index (Phi) is 6.32. The first kappa shape index (κ1) is 30.1. The van der Waals surface area contributed by atoms with Gasteiger partial charge >= 0.3 is 231 Å². The Morgan fingerprint density at radius 1 is 0.512 bits per heavy atom. The second-order valence-corrected chi connectivity index (χ2v) is 14.8. The molecule has 1 atom stereocenters. The summed E-state index contributed by atoms with van der Waals surface area (Å²) in [7, 11) is -6.92. The summed E-state index contributed by atoms with van der Waals surface area (Å²) in [5, 5.41) is -2.44. The van der Waals surface area contributed by atoms with Crippen LogP contribution in [-0.4, -0.2) is 24.7 Å². The van der Waals surface area contributed by atoms with Gasteiger partial charge in [0.15, 0.2) is 0 Å². The van der Waals surface area contributed by atoms with E-state index in [0.29, 0.717) is 24.3 Å². The quantitative estimate of drug-likeness (QED) is 0.153. The molecular weight excluding hydrogens is 671 g/mol. The number of fused-ring (bicyclic) bond motifs is 4. The van der Waals surface area contributed by atoms with Crippen molar-refractivity contribution in [2.75, 3.05) is 0 Å². The molecule has 222 valence electrons. The van der Waals surface area contributed by atoms with Crippen molar-refractivity contribution in [2.24, 2.45) is 0 Å². The first-order valence-electron chi connectivity index (χ1n) is 11.3. The Bertz CT molecular complexity index is 1380. The summed E-state index contributed by atoms with van der Waals surface area (Å²) in [5.41, 5.74) is -14.5. The standard InChI is InChI=1S/C25H14BrF12O2P/c26-19(14-8-2-1-3-9-14)41(17-12-6-4-10-15(17)20(39-41,22(27,28)29)23(30,31)32)18-13-7-5-11-16(18)21(40-41,24(33,34)35)25(36,37)38/h1-13,19H/t19-/m1/s1. The molecule has 0 aromatic heterocycles. The van der Waals surface area contributed by atoms with Crippen LogP contribution in [0, 0.1) is 0 Å². The second-order valence-electron chi connectivity index (χ2n) is 9.34. The number of hydrogen-bond donors (Lipinski definition) is 0. The van der Waals surface area contributed by atoms with Crippen molar-refractivity contribution in [1.29, 1.82) is 0 Å². The molecule has 0 saturated heterocycles. The van der Waals surface area contributed by atoms with E-state index in [1.54, 1.807) is 0 Å². The molecule has 0 unspecified atom stereocenters. The minimum atomic E-state index is -6.92. The van der Waals surface area contributed by atoms with Crippen LogP contribution in [0.15, 0.2) is 78.9 Å². The molecular formula is C25H14BrF12O2P. The Hall–Kier alpha value is -2.35. The third-order valence-corrected chi connectivity index (χ3v) is 15.0. The molecule has 1 spiro atoms. The first-order chi connectivity index (χ1) is 18.7. The molecule has 0 bridgehead atoms. The molecule has 16 heteroatoms. The van der Waals surface area contributed by atoms with E-state index in [1.165, 1.54) is 18.2 Å². The van der Waals surface area contributed by atoms with E-state index in [0.717, 1.165) is 36.4 Å². The Balaban J connectivity index is 2.09. The van der Waals surface area contributed by atoms with Crippen LogP contribution in [0.5, 0.6) is 0 Å². The number of benzene rings is 3. The average molecular weight is 685 g/mol. The summed E-state index contributed by atoms with van der Waals surface area (Å²) in [5.74, 6) is 0. The van der Waals surface area contributed by atoms with Crippen molar-refractivity contribution >= 4 is 33.6 Å². The number of alkyl halides is 13. The van der Waals surface area contributed by atoms with E-state index in [1.807, 2.05) is 0 Å². The topological polar surface area (TPSA) is 18.5 Å². The third-order valence-electron chi connectivity index (χ3n) is 7.20. The van der Waals surface area contributed by atoms with Gasteiger partial charge in [-0.2, -0.15) is 0 Å². The third kappa shape index (κ3) is 3.46. The molecule has 3 aromatic carbocycles. The van der Waals surface area contributed by atoms with E-state index >= 15 is 0 Å². The zero-order valence-corrected chi connectivity index (χ0v) is 22.2. The normalized spacial score (nSPS) is 22.4. The Morgan fingerprint density at radius 2 is 0.829 bits per heavy atom. The molecule has 0 aliphatic carbocycles. The predicted octanol–water partition coefficient (Wildman–Crippen LogP) is 8.81. The summed E-state index contributed by atoms with van der Waals surface area (Å²) in [6.45, 7) is 0. The summed E-state index contributed by atoms with van der Waals surface area (Å²) in [6, 6.07) is 11.1. The molecule has 2 nitrogen and oxygen atoms in total. The van der Waals surface area contributed by atoms with Gasteiger partial charge in [-0.05, 0) is 0 Å². The number of hydrogen-bond acceptors (Lipinski definition) is 2. The van der Waals surface area contributed by atoms with E-state index in [4.69, 9.17) is 9.05 Å². The van der Waals surface area contributed by atoms with E-state index in [-0.39, 0.29) is 5.56 Å². The van der Waals surface area contributed by atoms with Gasteiger partial charge in [-0.15, -0.1) is 0 Å². The monoisotopic (exact) mass is 684 g/mol. The number of halogens is 13. The Labute approximate surface area is 231 Å². The molecule has 0 saturated carbocycles. The summed E-state index contributed by atoms with van der Waals surface area (Å²) < 4.78 is 185. The van der Waals surface area contributed by atoms with Crippen LogP contribution < -0.4 is 10.6 Å². The molecule has 5 rings (SSSR count). The molecule has 0 fully saturated rings. The van der Waals surface area contributed by atoms with Crippen LogP contribution in [0.1, 0.15) is 21.3 Å². The maximum atomic E-state index is 14.8. The molecule has 0 amide bonds. The van der Waals surface area contributed by atoms with Gasteiger partial charge in [0.25, 0.3) is 0 Å². The number of rotatable bonds is 2. The summed E-state index contributed by atoms with van der Waals surface area (Å²) in [6.07, 6.45) is -25.7. The van der Waals surface area contributed by atoms with Crippen molar-refractivity contribution in [3.8, 4) is 0 Å². The predicted molar refractivity (Wildman–Crippen MR) is 127 cm³/mol. The zero-order valence-electron chi connectivity index (χ0n) is 19.8. The van der Waals surface area contributed by atoms with Gasteiger partial charge < -0.3 is 0 Å². The molecule has 41 heavy (non-hydrogen) atoms. The van der Waals surface area contributed by atoms with Crippen molar-refractivity contribution in [1.82, 2.24) is 0 Å². The molecule has 2 heterocycles. The first-order valence-corrected chi connectivity index (χ1v) is 14.4. The summed E-state index contributed by atoms with van der Waals surface area (Å²) in [4.78, 5) is 0. The average Bonchev–Trinajstić information content (AvgIpc) is 3.33. The van der Waals surface area contributed by atoms with Crippen molar-refractivity contribution in [2.45, 2.75) is 40.5 Å². The fraction of sp³-hybridized carbons (Fsp3) is 0.280. The van der Waals surface area contributed by atoms with Crippen LogP contribution >= 0.6 is 23.0 Å². The Morgan fingerprint density at radius 3 is 1.17 bits per heavy atom. The van der Waals surface area contributed by atoms with Crippen molar-refractivity contribution < 1.29 is 61.7 Å². The van der Waals surface area contributed by atoms with Crippen LogP contribution in [0.2, 0.25) is 0 Å². The van der Waals surface area contributed by atoms with Gasteiger partial charge in [-0.25, -0.2) is 0 Å². The summed E-state index contributed by atoms with van der Waals surface area (Å²) >= 11 is 2.94. The molecule has 3 aromatic rings. The van der Waals surface area contributed by atoms with Crippen molar-refractivity contribution in [3.63, 3.8) is 0 Å². The van der Waals surface area contributed by atoms with Crippen LogP contribution in [0.4, 0.5) is 52.7 Å². The molecule has 0 N–H and O–H groups in total. The van der Waals surface area contributed by atoms with Gasteiger partial charge in [0.2, 0.25) is 0 Å². The maximum absolute atomic E-state index is 14.8.